The highest BCUT2D eigenvalue weighted by Gasteiger charge is 2.60. The minimum atomic E-state index is 0.441. The Balaban J connectivity index is 1.57. The average molecular weight is 334 g/mol. The molecule has 0 aromatic carbocycles. The van der Waals surface area contributed by atoms with E-state index in [-0.39, 0.29) is 0 Å². The van der Waals surface area contributed by atoms with E-state index >= 15 is 0 Å². The molecule has 0 heterocycles. The molecule has 0 aromatic heterocycles. The van der Waals surface area contributed by atoms with Gasteiger partial charge in [0.15, 0.2) is 0 Å². The average Bonchev–Trinajstić information content (AvgIpc) is 2.92. The predicted molar refractivity (Wildman–Crippen MR) is 97.0 cm³/mol. The van der Waals surface area contributed by atoms with Crippen molar-refractivity contribution in [3.05, 3.63) is 0 Å². The summed E-state index contributed by atoms with van der Waals surface area (Å²) >= 11 is 0. The maximum atomic E-state index is 5.91. The summed E-state index contributed by atoms with van der Waals surface area (Å²) in [6, 6.07) is 0. The summed E-state index contributed by atoms with van der Waals surface area (Å²) in [4.78, 5) is 5.07. The molecule has 7 atom stereocenters. The molecule has 0 amide bonds. The number of nitrogens with zero attached hydrogens (tertiary/aromatic N) is 1. The summed E-state index contributed by atoms with van der Waals surface area (Å²) in [5.74, 6) is 3.58. The fourth-order valence-corrected chi connectivity index (χ4v) is 7.61. The normalized spacial score (nSPS) is 52.5. The predicted octanol–water partition coefficient (Wildman–Crippen LogP) is 5.05. The van der Waals surface area contributed by atoms with Gasteiger partial charge < -0.3 is 9.57 Å². The summed E-state index contributed by atoms with van der Waals surface area (Å²) in [5, 5.41) is 4.30. The van der Waals surface area contributed by atoms with Crippen LogP contribution in [-0.4, -0.2) is 26.0 Å². The second-order valence-corrected chi connectivity index (χ2v) is 9.55. The number of oxime groups is 1. The van der Waals surface area contributed by atoms with Gasteiger partial charge in [0.25, 0.3) is 0 Å². The number of ether oxygens (including phenoxy) is 1. The smallest absolute Gasteiger partial charge is 0.106 e. The van der Waals surface area contributed by atoms with Gasteiger partial charge in [0.1, 0.15) is 7.11 Å². The Bertz CT molecular complexity index is 518. The number of hydrogen-bond acceptors (Lipinski definition) is 3. The molecule has 4 rings (SSSR count). The van der Waals surface area contributed by atoms with Crippen molar-refractivity contribution in [1.82, 2.24) is 0 Å². The Morgan fingerprint density at radius 2 is 1.71 bits per heavy atom. The van der Waals surface area contributed by atoms with Gasteiger partial charge in [-0.3, -0.25) is 0 Å². The Morgan fingerprint density at radius 1 is 0.917 bits per heavy atom. The van der Waals surface area contributed by atoms with Gasteiger partial charge in [0.05, 0.1) is 11.8 Å². The zero-order chi connectivity index (χ0) is 16.9. The fourth-order valence-electron chi connectivity index (χ4n) is 7.61. The van der Waals surface area contributed by atoms with E-state index in [9.17, 15) is 0 Å². The van der Waals surface area contributed by atoms with Crippen molar-refractivity contribution in [1.29, 1.82) is 0 Å². The molecule has 136 valence electrons. The van der Waals surface area contributed by atoms with Crippen LogP contribution in [-0.2, 0) is 9.57 Å². The van der Waals surface area contributed by atoms with Gasteiger partial charge in [-0.25, -0.2) is 0 Å². The van der Waals surface area contributed by atoms with Crippen LogP contribution in [0.4, 0.5) is 0 Å². The van der Waals surface area contributed by atoms with Gasteiger partial charge in [-0.05, 0) is 92.3 Å². The quantitative estimate of drug-likeness (QED) is 0.662. The summed E-state index contributed by atoms with van der Waals surface area (Å²) in [7, 11) is 3.62. The van der Waals surface area contributed by atoms with Gasteiger partial charge in [-0.15, -0.1) is 0 Å². The van der Waals surface area contributed by atoms with E-state index in [1.807, 2.05) is 7.11 Å². The zero-order valence-corrected chi connectivity index (χ0v) is 16.0. The van der Waals surface area contributed by atoms with Crippen LogP contribution in [0.1, 0.15) is 71.6 Å². The van der Waals surface area contributed by atoms with E-state index in [1.165, 1.54) is 57.1 Å². The molecule has 4 aliphatic rings. The maximum absolute atomic E-state index is 5.91. The molecule has 0 saturated heterocycles. The lowest BCUT2D eigenvalue weighted by Crippen LogP contribution is -2.54. The Labute approximate surface area is 147 Å². The highest BCUT2D eigenvalue weighted by atomic mass is 16.6. The largest absolute Gasteiger partial charge is 0.399 e. The van der Waals surface area contributed by atoms with Crippen LogP contribution in [0.5, 0.6) is 0 Å². The van der Waals surface area contributed by atoms with Crippen molar-refractivity contribution in [2.24, 2.45) is 39.7 Å². The number of methoxy groups -OCH3 is 1. The first-order chi connectivity index (χ1) is 11.5. The Morgan fingerprint density at radius 3 is 2.46 bits per heavy atom. The number of rotatable bonds is 2. The lowest BCUT2D eigenvalue weighted by Gasteiger charge is -2.60. The third-order valence-corrected chi connectivity index (χ3v) is 8.92. The Hall–Kier alpha value is -0.570. The summed E-state index contributed by atoms with van der Waals surface area (Å²) in [6.07, 6.45) is 12.4. The van der Waals surface area contributed by atoms with Crippen LogP contribution < -0.4 is 0 Å². The first kappa shape index (κ1) is 16.9. The standard InChI is InChI=1S/C21H35NO2/c1-20-11-9-15(22-24-4)13-14(20)5-6-16-17-7-8-19(23-3)21(17,2)12-10-18(16)20/h14,16-19H,5-13H2,1-4H3/b22-15+. The monoisotopic (exact) mass is 333 g/mol. The Kier molecular flexibility index (Phi) is 4.22. The fraction of sp³-hybridized carbons (Fsp3) is 0.952. The van der Waals surface area contributed by atoms with E-state index in [0.29, 0.717) is 16.9 Å². The molecule has 4 saturated carbocycles. The number of fused-ring (bicyclic) bond motifs is 5. The van der Waals surface area contributed by atoms with Gasteiger partial charge >= 0.3 is 0 Å². The maximum Gasteiger partial charge on any atom is 0.106 e. The van der Waals surface area contributed by atoms with Crippen molar-refractivity contribution < 1.29 is 9.57 Å². The highest BCUT2D eigenvalue weighted by Crippen LogP contribution is 2.66. The van der Waals surface area contributed by atoms with Crippen LogP contribution in [0.25, 0.3) is 0 Å². The SMILES string of the molecule is CO/N=C1\CCC2(C)C(CCC3C2CCC2(C)C(OC)CCC32)C1. The third-order valence-electron chi connectivity index (χ3n) is 8.92. The van der Waals surface area contributed by atoms with Crippen LogP contribution >= 0.6 is 0 Å². The molecule has 7 unspecified atom stereocenters. The first-order valence-electron chi connectivity index (χ1n) is 10.1. The summed E-state index contributed by atoms with van der Waals surface area (Å²) < 4.78 is 5.91. The summed E-state index contributed by atoms with van der Waals surface area (Å²) in [5.41, 5.74) is 2.28. The molecule has 3 heteroatoms. The molecule has 0 radical (unpaired) electrons. The van der Waals surface area contributed by atoms with E-state index in [4.69, 9.17) is 9.57 Å². The number of hydrogen-bond donors (Lipinski definition) is 0. The molecule has 0 aliphatic heterocycles. The lowest BCUT2D eigenvalue weighted by atomic mass is 9.45. The molecule has 24 heavy (non-hydrogen) atoms. The molecule has 3 nitrogen and oxygen atoms in total. The highest BCUT2D eigenvalue weighted by molar-refractivity contribution is 5.85. The molecular formula is C21H35NO2. The van der Waals surface area contributed by atoms with Gasteiger partial charge in [-0.1, -0.05) is 19.0 Å². The minimum Gasteiger partial charge on any atom is -0.399 e. The first-order valence-corrected chi connectivity index (χ1v) is 10.1. The van der Waals surface area contributed by atoms with E-state index in [0.717, 1.165) is 30.1 Å². The third kappa shape index (κ3) is 2.29. The second-order valence-electron chi connectivity index (χ2n) is 9.55. The second kappa shape index (κ2) is 6.00. The van der Waals surface area contributed by atoms with E-state index in [1.54, 1.807) is 7.11 Å². The van der Waals surface area contributed by atoms with Gasteiger partial charge in [0.2, 0.25) is 0 Å². The van der Waals surface area contributed by atoms with Crippen LogP contribution in [0, 0.1) is 34.5 Å². The van der Waals surface area contributed by atoms with Crippen molar-refractivity contribution in [3.8, 4) is 0 Å². The van der Waals surface area contributed by atoms with Crippen LogP contribution in [0.15, 0.2) is 5.16 Å². The van der Waals surface area contributed by atoms with Crippen molar-refractivity contribution in [2.45, 2.75) is 77.7 Å². The topological polar surface area (TPSA) is 30.8 Å². The van der Waals surface area contributed by atoms with Crippen LogP contribution in [0.3, 0.4) is 0 Å². The minimum absolute atomic E-state index is 0.441. The van der Waals surface area contributed by atoms with Crippen LogP contribution in [0.2, 0.25) is 0 Å². The van der Waals surface area contributed by atoms with Crippen molar-refractivity contribution in [2.75, 3.05) is 14.2 Å². The lowest BCUT2D eigenvalue weighted by molar-refractivity contribution is -0.118. The zero-order valence-electron chi connectivity index (χ0n) is 16.0. The molecule has 0 bridgehead atoms. The van der Waals surface area contributed by atoms with Crippen molar-refractivity contribution in [3.63, 3.8) is 0 Å². The molecular weight excluding hydrogens is 298 g/mol. The van der Waals surface area contributed by atoms with Crippen molar-refractivity contribution >= 4 is 5.71 Å². The molecule has 0 spiro atoms. The molecule has 4 fully saturated rings. The molecule has 4 aliphatic carbocycles. The molecule has 0 aromatic rings. The van der Waals surface area contributed by atoms with Gasteiger partial charge in [-0.2, -0.15) is 0 Å². The molecule has 0 N–H and O–H groups in total. The van der Waals surface area contributed by atoms with E-state index in [2.05, 4.69) is 19.0 Å². The van der Waals surface area contributed by atoms with Gasteiger partial charge in [0, 0.05) is 7.11 Å². The summed E-state index contributed by atoms with van der Waals surface area (Å²) in [6.45, 7) is 5.15. The van der Waals surface area contributed by atoms with E-state index < -0.39 is 0 Å².